The molecule has 0 radical (unpaired) electrons. The second kappa shape index (κ2) is 6.79. The van der Waals surface area contributed by atoms with Crippen LogP contribution in [-0.2, 0) is 17.8 Å². The molecule has 0 aromatic heterocycles. The molecule has 0 unspecified atom stereocenters. The molecule has 20 heavy (non-hydrogen) atoms. The van der Waals surface area contributed by atoms with E-state index in [0.717, 1.165) is 50.5 Å². The molecule has 3 rings (SSSR count). The number of rotatable bonds is 1. The fourth-order valence-electron chi connectivity index (χ4n) is 3.08. The summed E-state index contributed by atoms with van der Waals surface area (Å²) in [5.74, 6) is 0.536. The van der Waals surface area contributed by atoms with E-state index in [1.807, 2.05) is 17.0 Å². The van der Waals surface area contributed by atoms with Gasteiger partial charge in [-0.05, 0) is 49.5 Å². The van der Waals surface area contributed by atoms with E-state index < -0.39 is 0 Å². The molecule has 0 saturated carbocycles. The van der Waals surface area contributed by atoms with Crippen molar-refractivity contribution in [3.8, 4) is 0 Å². The molecule has 1 amide bonds. The fourth-order valence-corrected chi connectivity index (χ4v) is 3.37. The number of carbonyl (C=O) groups is 1. The van der Waals surface area contributed by atoms with Gasteiger partial charge in [-0.1, -0.05) is 23.7 Å². The highest BCUT2D eigenvalue weighted by atomic mass is 35.5. The van der Waals surface area contributed by atoms with Gasteiger partial charge in [-0.2, -0.15) is 0 Å². The molecule has 0 bridgehead atoms. The van der Waals surface area contributed by atoms with Crippen molar-refractivity contribution in [1.29, 1.82) is 0 Å². The summed E-state index contributed by atoms with van der Waals surface area (Å²) in [6.45, 7) is 3.46. The normalized spacial score (nSPS) is 19.1. The van der Waals surface area contributed by atoms with Crippen molar-refractivity contribution in [3.63, 3.8) is 0 Å². The maximum absolute atomic E-state index is 12.5. The zero-order valence-corrected chi connectivity index (χ0v) is 13.0. The average molecular weight is 315 g/mol. The molecule has 2 aliphatic rings. The number of nitrogens with zero attached hydrogens (tertiary/aromatic N) is 1. The van der Waals surface area contributed by atoms with Gasteiger partial charge >= 0.3 is 0 Å². The molecule has 2 aliphatic heterocycles. The first-order chi connectivity index (χ1) is 9.25. The van der Waals surface area contributed by atoms with Crippen LogP contribution in [0.3, 0.4) is 0 Å². The molecular weight excluding hydrogens is 295 g/mol. The van der Waals surface area contributed by atoms with Gasteiger partial charge in [0.2, 0.25) is 5.91 Å². The van der Waals surface area contributed by atoms with Gasteiger partial charge in [-0.15, -0.1) is 12.4 Å². The minimum atomic E-state index is 0. The molecule has 5 heteroatoms. The van der Waals surface area contributed by atoms with E-state index >= 15 is 0 Å². The number of hydrogen-bond donors (Lipinski definition) is 1. The van der Waals surface area contributed by atoms with Gasteiger partial charge in [-0.25, -0.2) is 0 Å². The largest absolute Gasteiger partial charge is 0.338 e. The van der Waals surface area contributed by atoms with Crippen LogP contribution in [0.4, 0.5) is 0 Å². The maximum Gasteiger partial charge on any atom is 0.226 e. The quantitative estimate of drug-likeness (QED) is 0.864. The summed E-state index contributed by atoms with van der Waals surface area (Å²) >= 11 is 6.21. The SMILES string of the molecule is Cl.O=C(C1CCNCC1)N1CCc2c(Cl)cccc2C1. The number of fused-ring (bicyclic) bond motifs is 1. The smallest absolute Gasteiger partial charge is 0.226 e. The monoisotopic (exact) mass is 314 g/mol. The first kappa shape index (κ1) is 15.6. The van der Waals surface area contributed by atoms with Gasteiger partial charge in [0.15, 0.2) is 0 Å². The minimum Gasteiger partial charge on any atom is -0.338 e. The van der Waals surface area contributed by atoms with Crippen LogP contribution in [0.1, 0.15) is 24.0 Å². The predicted molar refractivity (Wildman–Crippen MR) is 83.4 cm³/mol. The Morgan fingerprint density at radius 1 is 1.30 bits per heavy atom. The Morgan fingerprint density at radius 3 is 2.80 bits per heavy atom. The standard InChI is InChI=1S/C15H19ClN2O.ClH/c16-14-3-1-2-12-10-18(9-6-13(12)14)15(19)11-4-7-17-8-5-11;/h1-3,11,17H,4-10H2;1H. The molecule has 1 saturated heterocycles. The van der Waals surface area contributed by atoms with E-state index in [0.29, 0.717) is 5.91 Å². The summed E-state index contributed by atoms with van der Waals surface area (Å²) in [5, 5.41) is 4.15. The molecule has 3 nitrogen and oxygen atoms in total. The number of benzene rings is 1. The Balaban J connectivity index is 0.00000147. The second-order valence-corrected chi connectivity index (χ2v) is 5.82. The van der Waals surface area contributed by atoms with Crippen molar-refractivity contribution in [2.24, 2.45) is 5.92 Å². The van der Waals surface area contributed by atoms with Crippen molar-refractivity contribution in [2.75, 3.05) is 19.6 Å². The third-order valence-electron chi connectivity index (χ3n) is 4.21. The van der Waals surface area contributed by atoms with Crippen molar-refractivity contribution in [3.05, 3.63) is 34.3 Å². The van der Waals surface area contributed by atoms with Crippen molar-refractivity contribution in [2.45, 2.75) is 25.8 Å². The van der Waals surface area contributed by atoms with Crippen LogP contribution in [0.15, 0.2) is 18.2 Å². The van der Waals surface area contributed by atoms with Crippen molar-refractivity contribution in [1.82, 2.24) is 10.2 Å². The summed E-state index contributed by atoms with van der Waals surface area (Å²) in [5.41, 5.74) is 2.43. The van der Waals surface area contributed by atoms with Crippen molar-refractivity contribution >= 4 is 29.9 Å². The minimum absolute atomic E-state index is 0. The van der Waals surface area contributed by atoms with Crippen molar-refractivity contribution < 1.29 is 4.79 Å². The molecule has 0 atom stereocenters. The third-order valence-corrected chi connectivity index (χ3v) is 4.56. The summed E-state index contributed by atoms with van der Waals surface area (Å²) in [4.78, 5) is 14.5. The van der Waals surface area contributed by atoms with Gasteiger partial charge in [-0.3, -0.25) is 4.79 Å². The van der Waals surface area contributed by atoms with Gasteiger partial charge in [0.1, 0.15) is 0 Å². The number of halogens is 2. The average Bonchev–Trinajstić information content (AvgIpc) is 2.47. The summed E-state index contributed by atoms with van der Waals surface area (Å²) in [6, 6.07) is 5.99. The van der Waals surface area contributed by atoms with Crippen LogP contribution in [0.2, 0.25) is 5.02 Å². The molecule has 2 heterocycles. The highest BCUT2D eigenvalue weighted by Gasteiger charge is 2.28. The zero-order chi connectivity index (χ0) is 13.2. The predicted octanol–water partition coefficient (Wildman–Crippen LogP) is 2.65. The lowest BCUT2D eigenvalue weighted by molar-refractivity contribution is -0.137. The number of carbonyl (C=O) groups excluding carboxylic acids is 1. The highest BCUT2D eigenvalue weighted by molar-refractivity contribution is 6.31. The molecule has 110 valence electrons. The number of nitrogens with one attached hydrogen (secondary N) is 1. The molecule has 1 N–H and O–H groups in total. The van der Waals surface area contributed by atoms with Crippen LogP contribution in [-0.4, -0.2) is 30.4 Å². The van der Waals surface area contributed by atoms with Crippen LogP contribution in [0.25, 0.3) is 0 Å². The lowest BCUT2D eigenvalue weighted by atomic mass is 9.94. The van der Waals surface area contributed by atoms with Gasteiger partial charge < -0.3 is 10.2 Å². The van der Waals surface area contributed by atoms with E-state index in [1.165, 1.54) is 11.1 Å². The first-order valence-electron chi connectivity index (χ1n) is 7.01. The maximum atomic E-state index is 12.5. The lowest BCUT2D eigenvalue weighted by Crippen LogP contribution is -2.43. The fraction of sp³-hybridized carbons (Fsp3) is 0.533. The van der Waals surface area contributed by atoms with E-state index in [9.17, 15) is 4.79 Å². The summed E-state index contributed by atoms with van der Waals surface area (Å²) in [6.07, 6.45) is 2.82. The molecule has 1 fully saturated rings. The Bertz CT molecular complexity index is 487. The number of piperidine rings is 1. The van der Waals surface area contributed by atoms with Gasteiger partial charge in [0, 0.05) is 24.0 Å². The Hall–Kier alpha value is -0.770. The van der Waals surface area contributed by atoms with Crippen LogP contribution >= 0.6 is 24.0 Å². The highest BCUT2D eigenvalue weighted by Crippen LogP contribution is 2.27. The van der Waals surface area contributed by atoms with E-state index in [-0.39, 0.29) is 18.3 Å². The third kappa shape index (κ3) is 3.11. The van der Waals surface area contributed by atoms with Gasteiger partial charge in [0.05, 0.1) is 0 Å². The Kier molecular flexibility index (Phi) is 5.30. The number of hydrogen-bond acceptors (Lipinski definition) is 2. The van der Waals surface area contributed by atoms with E-state index in [4.69, 9.17) is 11.6 Å². The Morgan fingerprint density at radius 2 is 2.05 bits per heavy atom. The second-order valence-electron chi connectivity index (χ2n) is 5.41. The van der Waals surface area contributed by atoms with E-state index in [2.05, 4.69) is 11.4 Å². The molecule has 0 aliphatic carbocycles. The van der Waals surface area contributed by atoms with E-state index in [1.54, 1.807) is 0 Å². The molecule has 1 aromatic rings. The summed E-state index contributed by atoms with van der Waals surface area (Å²) in [7, 11) is 0. The first-order valence-corrected chi connectivity index (χ1v) is 7.39. The van der Waals surface area contributed by atoms with Gasteiger partial charge in [0.25, 0.3) is 0 Å². The topological polar surface area (TPSA) is 32.3 Å². The Labute approximate surface area is 131 Å². The molecule has 0 spiro atoms. The molecular formula is C15H20Cl2N2O. The van der Waals surface area contributed by atoms with Crippen LogP contribution in [0.5, 0.6) is 0 Å². The summed E-state index contributed by atoms with van der Waals surface area (Å²) < 4.78 is 0. The lowest BCUT2D eigenvalue weighted by Gasteiger charge is -2.33. The zero-order valence-electron chi connectivity index (χ0n) is 11.4. The van der Waals surface area contributed by atoms with Crippen LogP contribution < -0.4 is 5.32 Å². The van der Waals surface area contributed by atoms with Crippen LogP contribution in [0, 0.1) is 5.92 Å². The number of amides is 1. The molecule has 1 aromatic carbocycles.